The predicted molar refractivity (Wildman–Crippen MR) is 86.4 cm³/mol. The van der Waals surface area contributed by atoms with Gasteiger partial charge in [-0.25, -0.2) is 14.5 Å². The van der Waals surface area contributed by atoms with Gasteiger partial charge in [0.25, 0.3) is 5.91 Å². The summed E-state index contributed by atoms with van der Waals surface area (Å²) in [4.78, 5) is 28.5. The summed E-state index contributed by atoms with van der Waals surface area (Å²) < 4.78 is 1.75. The normalized spacial score (nSPS) is 14.0. The van der Waals surface area contributed by atoms with Gasteiger partial charge >= 0.3 is 5.97 Å². The quantitative estimate of drug-likeness (QED) is 0.881. The third-order valence-electron chi connectivity index (χ3n) is 4.00. The number of nitrogens with zero attached hydrogens (tertiary/aromatic N) is 3. The fraction of sp³-hybridized carbons (Fsp3) is 0.500. The Morgan fingerprint density at radius 3 is 2.61 bits per heavy atom. The van der Waals surface area contributed by atoms with Crippen molar-refractivity contribution >= 4 is 22.9 Å². The lowest BCUT2D eigenvalue weighted by Gasteiger charge is -2.24. The van der Waals surface area contributed by atoms with Crippen LogP contribution >= 0.6 is 0 Å². The minimum Gasteiger partial charge on any atom is -0.480 e. The second-order valence-electron chi connectivity index (χ2n) is 6.18. The monoisotopic (exact) mass is 318 g/mol. The molecule has 124 valence electrons. The van der Waals surface area contributed by atoms with Crippen LogP contribution in [0.1, 0.15) is 56.2 Å². The molecule has 7 heteroatoms. The molecule has 23 heavy (non-hydrogen) atoms. The molecule has 0 radical (unpaired) electrons. The van der Waals surface area contributed by atoms with E-state index in [0.717, 1.165) is 0 Å². The van der Waals surface area contributed by atoms with Crippen molar-refractivity contribution in [3.63, 3.8) is 0 Å². The van der Waals surface area contributed by atoms with Crippen molar-refractivity contribution in [3.05, 3.63) is 23.5 Å². The third kappa shape index (κ3) is 3.04. The Hall–Kier alpha value is -2.44. The molecule has 0 aliphatic heterocycles. The summed E-state index contributed by atoms with van der Waals surface area (Å²) >= 11 is 0. The molecule has 0 aromatic carbocycles. The number of carbonyl (C=O) groups excluding carboxylic acids is 1. The van der Waals surface area contributed by atoms with Crippen LogP contribution in [0.25, 0.3) is 11.0 Å². The van der Waals surface area contributed by atoms with E-state index in [-0.39, 0.29) is 12.5 Å². The molecule has 1 atom stereocenters. The summed E-state index contributed by atoms with van der Waals surface area (Å²) in [6.45, 7) is 8.97. The number of fused-ring (bicyclic) bond motifs is 1. The SMILES string of the molecule is CCC(C)(NC(=O)c1cc(C)nc2c1cnn2C(C)C)C(=O)O. The molecule has 0 saturated carbocycles. The molecule has 1 amide bonds. The van der Waals surface area contributed by atoms with Crippen LogP contribution in [0.3, 0.4) is 0 Å². The number of carboxylic acids is 1. The molecule has 0 aliphatic carbocycles. The smallest absolute Gasteiger partial charge is 0.329 e. The summed E-state index contributed by atoms with van der Waals surface area (Å²) in [6, 6.07) is 1.76. The van der Waals surface area contributed by atoms with Crippen LogP contribution < -0.4 is 5.32 Å². The fourth-order valence-electron chi connectivity index (χ4n) is 2.32. The van der Waals surface area contributed by atoms with E-state index in [4.69, 9.17) is 0 Å². The van der Waals surface area contributed by atoms with E-state index in [9.17, 15) is 14.7 Å². The topological polar surface area (TPSA) is 97.1 Å². The number of hydrogen-bond acceptors (Lipinski definition) is 4. The van der Waals surface area contributed by atoms with Crippen LogP contribution in [0.4, 0.5) is 0 Å². The van der Waals surface area contributed by atoms with Gasteiger partial charge in [0.05, 0.1) is 17.1 Å². The molecule has 2 rings (SSSR count). The minimum atomic E-state index is -1.31. The van der Waals surface area contributed by atoms with Crippen molar-refractivity contribution in [1.29, 1.82) is 0 Å². The predicted octanol–water partition coefficient (Wildman–Crippen LogP) is 2.30. The van der Waals surface area contributed by atoms with Crippen LogP contribution in [0.2, 0.25) is 0 Å². The summed E-state index contributed by atoms with van der Waals surface area (Å²) in [5.74, 6) is -1.50. The Labute approximate surface area is 134 Å². The van der Waals surface area contributed by atoms with Crippen molar-refractivity contribution in [3.8, 4) is 0 Å². The lowest BCUT2D eigenvalue weighted by atomic mass is 9.98. The van der Waals surface area contributed by atoms with Gasteiger partial charge in [0, 0.05) is 11.7 Å². The molecule has 0 spiro atoms. The number of carboxylic acid groups (broad SMARTS) is 1. The molecule has 0 saturated heterocycles. The van der Waals surface area contributed by atoms with E-state index in [1.54, 1.807) is 30.8 Å². The zero-order valence-electron chi connectivity index (χ0n) is 14.0. The van der Waals surface area contributed by atoms with E-state index in [1.165, 1.54) is 6.92 Å². The summed E-state index contributed by atoms with van der Waals surface area (Å²) in [5, 5.41) is 16.8. The Balaban J connectivity index is 2.51. The second-order valence-corrected chi connectivity index (χ2v) is 6.18. The van der Waals surface area contributed by atoms with Crippen molar-refractivity contribution < 1.29 is 14.7 Å². The number of aromatic nitrogens is 3. The first-order chi connectivity index (χ1) is 10.7. The van der Waals surface area contributed by atoms with Gasteiger partial charge in [-0.05, 0) is 40.2 Å². The van der Waals surface area contributed by atoms with E-state index >= 15 is 0 Å². The highest BCUT2D eigenvalue weighted by molar-refractivity contribution is 6.07. The summed E-state index contributed by atoms with van der Waals surface area (Å²) in [5.41, 5.74) is 0.381. The summed E-state index contributed by atoms with van der Waals surface area (Å²) in [6.07, 6.45) is 1.88. The zero-order valence-corrected chi connectivity index (χ0v) is 14.0. The first kappa shape index (κ1) is 16.9. The van der Waals surface area contributed by atoms with E-state index in [1.807, 2.05) is 13.8 Å². The number of hydrogen-bond donors (Lipinski definition) is 2. The molecular formula is C16H22N4O3. The van der Waals surface area contributed by atoms with E-state index < -0.39 is 17.4 Å². The Morgan fingerprint density at radius 1 is 1.43 bits per heavy atom. The van der Waals surface area contributed by atoms with Gasteiger partial charge in [-0.2, -0.15) is 5.10 Å². The highest BCUT2D eigenvalue weighted by Crippen LogP contribution is 2.22. The highest BCUT2D eigenvalue weighted by atomic mass is 16.4. The van der Waals surface area contributed by atoms with Crippen LogP contribution in [-0.4, -0.2) is 37.3 Å². The molecule has 2 N–H and O–H groups in total. The summed E-state index contributed by atoms with van der Waals surface area (Å²) in [7, 11) is 0. The molecule has 0 bridgehead atoms. The van der Waals surface area contributed by atoms with Gasteiger partial charge in [0.15, 0.2) is 5.65 Å². The fourth-order valence-corrected chi connectivity index (χ4v) is 2.32. The average Bonchev–Trinajstić information content (AvgIpc) is 2.89. The van der Waals surface area contributed by atoms with Crippen LogP contribution in [-0.2, 0) is 4.79 Å². The van der Waals surface area contributed by atoms with E-state index in [2.05, 4.69) is 15.4 Å². The standard InChI is InChI=1S/C16H22N4O3/c1-6-16(5,15(22)23)19-14(21)11-7-10(4)18-13-12(11)8-17-20(13)9(2)3/h7-9H,6H2,1-5H3,(H,19,21)(H,22,23). The van der Waals surface area contributed by atoms with Gasteiger partial charge in [0.2, 0.25) is 0 Å². The number of pyridine rings is 1. The van der Waals surface area contributed by atoms with Crippen molar-refractivity contribution in [2.24, 2.45) is 0 Å². The van der Waals surface area contributed by atoms with Crippen molar-refractivity contribution in [2.75, 3.05) is 0 Å². The van der Waals surface area contributed by atoms with Gasteiger partial charge in [-0.1, -0.05) is 6.92 Å². The maximum Gasteiger partial charge on any atom is 0.329 e. The van der Waals surface area contributed by atoms with Gasteiger partial charge < -0.3 is 10.4 Å². The van der Waals surface area contributed by atoms with E-state index in [0.29, 0.717) is 22.3 Å². The Morgan fingerprint density at radius 2 is 2.09 bits per heavy atom. The molecule has 2 aromatic heterocycles. The molecular weight excluding hydrogens is 296 g/mol. The van der Waals surface area contributed by atoms with Crippen molar-refractivity contribution in [2.45, 2.75) is 52.6 Å². The van der Waals surface area contributed by atoms with Crippen molar-refractivity contribution in [1.82, 2.24) is 20.1 Å². The number of rotatable bonds is 5. The highest BCUT2D eigenvalue weighted by Gasteiger charge is 2.33. The van der Waals surface area contributed by atoms with Crippen LogP contribution in [0.5, 0.6) is 0 Å². The lowest BCUT2D eigenvalue weighted by molar-refractivity contribution is -0.143. The third-order valence-corrected chi connectivity index (χ3v) is 4.00. The average molecular weight is 318 g/mol. The Bertz CT molecular complexity index is 766. The molecule has 2 heterocycles. The molecule has 0 fully saturated rings. The van der Waals surface area contributed by atoms with Gasteiger partial charge in [0.1, 0.15) is 5.54 Å². The van der Waals surface area contributed by atoms with Crippen LogP contribution in [0.15, 0.2) is 12.3 Å². The lowest BCUT2D eigenvalue weighted by Crippen LogP contribution is -2.51. The maximum absolute atomic E-state index is 12.6. The molecule has 7 nitrogen and oxygen atoms in total. The number of nitrogens with one attached hydrogen (secondary N) is 1. The first-order valence-corrected chi connectivity index (χ1v) is 7.60. The first-order valence-electron chi connectivity index (χ1n) is 7.60. The largest absolute Gasteiger partial charge is 0.480 e. The van der Waals surface area contributed by atoms with Gasteiger partial charge in [-0.3, -0.25) is 4.79 Å². The number of aryl methyl sites for hydroxylation is 1. The van der Waals surface area contributed by atoms with Gasteiger partial charge in [-0.15, -0.1) is 0 Å². The molecule has 1 unspecified atom stereocenters. The maximum atomic E-state index is 12.6. The minimum absolute atomic E-state index is 0.109. The zero-order chi connectivity index (χ0) is 17.4. The molecule has 2 aromatic rings. The second kappa shape index (κ2) is 5.98. The number of carbonyl (C=O) groups is 2. The number of aliphatic carboxylic acids is 1. The molecule has 0 aliphatic rings. The number of amides is 1. The Kier molecular flexibility index (Phi) is 4.40. The van der Waals surface area contributed by atoms with Crippen LogP contribution in [0, 0.1) is 6.92 Å².